The Morgan fingerprint density at radius 1 is 1.04 bits per heavy atom. The van der Waals surface area contributed by atoms with E-state index < -0.39 is 0 Å². The van der Waals surface area contributed by atoms with Gasteiger partial charge >= 0.3 is 0 Å². The van der Waals surface area contributed by atoms with Crippen molar-refractivity contribution in [1.29, 1.82) is 0 Å². The summed E-state index contributed by atoms with van der Waals surface area (Å²) in [6, 6.07) is 8.45. The zero-order valence-corrected chi connectivity index (χ0v) is 15.7. The first-order valence-electron chi connectivity index (χ1n) is 7.55. The van der Waals surface area contributed by atoms with Crippen LogP contribution in [0.15, 0.2) is 30.3 Å². The van der Waals surface area contributed by atoms with Crippen LogP contribution in [0.1, 0.15) is 12.0 Å². The number of rotatable bonds is 7. The number of carbonyl (C=O) groups is 1. The fourth-order valence-electron chi connectivity index (χ4n) is 2.17. The molecule has 2 rings (SSSR count). The van der Waals surface area contributed by atoms with Crippen molar-refractivity contribution >= 4 is 34.8 Å². The van der Waals surface area contributed by atoms with E-state index in [1.165, 1.54) is 0 Å². The lowest BCUT2D eigenvalue weighted by molar-refractivity contribution is -0.116. The van der Waals surface area contributed by atoms with E-state index in [9.17, 15) is 4.79 Å². The largest absolute Gasteiger partial charge is 0.493 e. The lowest BCUT2D eigenvalue weighted by atomic mass is 10.1. The van der Waals surface area contributed by atoms with E-state index in [1.54, 1.807) is 44.6 Å². The maximum absolute atomic E-state index is 12.1. The minimum absolute atomic E-state index is 0.163. The number of halogens is 2. The highest BCUT2D eigenvalue weighted by atomic mass is 35.5. The van der Waals surface area contributed by atoms with Crippen LogP contribution in [0.3, 0.4) is 0 Å². The molecule has 25 heavy (non-hydrogen) atoms. The van der Waals surface area contributed by atoms with Crippen molar-refractivity contribution < 1.29 is 19.0 Å². The number of carbonyl (C=O) groups excluding carboxylic acids is 1. The maximum Gasteiger partial charge on any atom is 0.227 e. The van der Waals surface area contributed by atoms with Crippen LogP contribution in [-0.4, -0.2) is 26.7 Å². The summed E-state index contributed by atoms with van der Waals surface area (Å²) >= 11 is 11.9. The molecule has 1 amide bonds. The van der Waals surface area contributed by atoms with Gasteiger partial charge in [-0.05, 0) is 30.7 Å². The fourth-order valence-corrected chi connectivity index (χ4v) is 2.50. The van der Waals surface area contributed by atoms with Gasteiger partial charge in [-0.15, -0.1) is 0 Å². The van der Waals surface area contributed by atoms with Crippen molar-refractivity contribution in [3.63, 3.8) is 0 Å². The van der Waals surface area contributed by atoms with Crippen molar-refractivity contribution in [2.45, 2.75) is 13.3 Å². The molecule has 0 saturated heterocycles. The summed E-state index contributed by atoms with van der Waals surface area (Å²) in [7, 11) is 3.11. The number of amides is 1. The van der Waals surface area contributed by atoms with Crippen LogP contribution < -0.4 is 19.5 Å². The highest BCUT2D eigenvalue weighted by molar-refractivity contribution is 6.34. The Labute approximate surface area is 156 Å². The number of hydrogen-bond acceptors (Lipinski definition) is 4. The number of methoxy groups -OCH3 is 2. The predicted molar refractivity (Wildman–Crippen MR) is 99.5 cm³/mol. The monoisotopic (exact) mass is 383 g/mol. The first-order chi connectivity index (χ1) is 11.9. The summed E-state index contributed by atoms with van der Waals surface area (Å²) < 4.78 is 16.0. The van der Waals surface area contributed by atoms with Crippen molar-refractivity contribution in [2.75, 3.05) is 26.1 Å². The Morgan fingerprint density at radius 3 is 2.40 bits per heavy atom. The Balaban J connectivity index is 1.95. The topological polar surface area (TPSA) is 56.8 Å². The van der Waals surface area contributed by atoms with Crippen molar-refractivity contribution in [3.05, 3.63) is 45.9 Å². The predicted octanol–water partition coefficient (Wildman–Crippen LogP) is 4.73. The molecule has 0 aliphatic heterocycles. The summed E-state index contributed by atoms with van der Waals surface area (Å²) in [6.07, 6.45) is 0.163. The zero-order chi connectivity index (χ0) is 18.4. The second-order valence-corrected chi connectivity index (χ2v) is 6.09. The molecule has 7 heteroatoms. The molecule has 5 nitrogen and oxygen atoms in total. The summed E-state index contributed by atoms with van der Waals surface area (Å²) in [5.41, 5.74) is 1.52. The Morgan fingerprint density at radius 2 is 1.72 bits per heavy atom. The molecule has 0 saturated carbocycles. The van der Waals surface area contributed by atoms with E-state index in [1.807, 2.05) is 6.92 Å². The highest BCUT2D eigenvalue weighted by Crippen LogP contribution is 2.33. The standard InChI is InChI=1S/C18H19Cl2NO4/c1-11-8-16(23-2)17(24-3)10-14(11)21-18(22)6-7-25-15-9-12(19)4-5-13(15)20/h4-5,8-10H,6-7H2,1-3H3,(H,21,22). The zero-order valence-electron chi connectivity index (χ0n) is 14.2. The second kappa shape index (κ2) is 8.83. The fraction of sp³-hybridized carbons (Fsp3) is 0.278. The molecule has 0 aliphatic carbocycles. The molecule has 134 valence electrons. The molecular formula is C18H19Cl2NO4. The SMILES string of the molecule is COc1cc(C)c(NC(=O)CCOc2cc(Cl)ccc2Cl)cc1OC. The molecule has 0 fully saturated rings. The van der Waals surface area contributed by atoms with Crippen LogP contribution in [0.4, 0.5) is 5.69 Å². The van der Waals surface area contributed by atoms with Gasteiger partial charge in [0.05, 0.1) is 32.3 Å². The molecule has 0 spiro atoms. The Bertz CT molecular complexity index is 765. The summed E-state index contributed by atoms with van der Waals surface area (Å²) in [5, 5.41) is 3.80. The van der Waals surface area contributed by atoms with Crippen molar-refractivity contribution in [1.82, 2.24) is 0 Å². The van der Waals surface area contributed by atoms with Crippen molar-refractivity contribution in [3.8, 4) is 17.2 Å². The van der Waals surface area contributed by atoms with Crippen LogP contribution in [-0.2, 0) is 4.79 Å². The normalized spacial score (nSPS) is 10.3. The smallest absolute Gasteiger partial charge is 0.227 e. The van der Waals surface area contributed by atoms with Gasteiger partial charge in [-0.1, -0.05) is 23.2 Å². The van der Waals surface area contributed by atoms with Gasteiger partial charge < -0.3 is 19.5 Å². The van der Waals surface area contributed by atoms with E-state index in [-0.39, 0.29) is 18.9 Å². The first kappa shape index (κ1) is 19.2. The van der Waals surface area contributed by atoms with Crippen LogP contribution in [0.25, 0.3) is 0 Å². The van der Waals surface area contributed by atoms with Gasteiger partial charge in [-0.2, -0.15) is 0 Å². The molecule has 2 aromatic rings. The van der Waals surface area contributed by atoms with Crippen LogP contribution in [0, 0.1) is 6.92 Å². The van der Waals surface area contributed by atoms with E-state index in [2.05, 4.69) is 5.32 Å². The number of ether oxygens (including phenoxy) is 3. The minimum atomic E-state index is -0.187. The lowest BCUT2D eigenvalue weighted by Gasteiger charge is -2.14. The van der Waals surface area contributed by atoms with E-state index in [0.717, 1.165) is 5.56 Å². The molecule has 0 heterocycles. The molecule has 1 N–H and O–H groups in total. The number of benzene rings is 2. The van der Waals surface area contributed by atoms with Gasteiger partial charge in [0, 0.05) is 22.8 Å². The second-order valence-electron chi connectivity index (χ2n) is 5.24. The highest BCUT2D eigenvalue weighted by Gasteiger charge is 2.11. The van der Waals surface area contributed by atoms with Gasteiger partial charge in [0.15, 0.2) is 11.5 Å². The quantitative estimate of drug-likeness (QED) is 0.750. The third kappa shape index (κ3) is 5.18. The third-order valence-corrected chi connectivity index (χ3v) is 4.03. The number of aryl methyl sites for hydroxylation is 1. The number of nitrogens with one attached hydrogen (secondary N) is 1. The molecule has 0 radical (unpaired) electrons. The van der Waals surface area contributed by atoms with Crippen LogP contribution >= 0.6 is 23.2 Å². The van der Waals surface area contributed by atoms with Gasteiger partial charge in [-0.25, -0.2) is 0 Å². The average molecular weight is 384 g/mol. The molecular weight excluding hydrogens is 365 g/mol. The molecule has 0 atom stereocenters. The summed E-state index contributed by atoms with van der Waals surface area (Å²) in [4.78, 5) is 12.1. The van der Waals surface area contributed by atoms with Crippen LogP contribution in [0.5, 0.6) is 17.2 Å². The Kier molecular flexibility index (Phi) is 6.79. The third-order valence-electron chi connectivity index (χ3n) is 3.48. The molecule has 0 bridgehead atoms. The van der Waals surface area contributed by atoms with Gasteiger partial charge in [0.1, 0.15) is 5.75 Å². The number of hydrogen-bond donors (Lipinski definition) is 1. The summed E-state index contributed by atoms with van der Waals surface area (Å²) in [5.74, 6) is 1.42. The van der Waals surface area contributed by atoms with Crippen molar-refractivity contribution in [2.24, 2.45) is 0 Å². The molecule has 0 aromatic heterocycles. The molecule has 2 aromatic carbocycles. The number of anilines is 1. The van der Waals surface area contributed by atoms with Gasteiger partial charge in [-0.3, -0.25) is 4.79 Å². The molecule has 0 aliphatic rings. The van der Waals surface area contributed by atoms with E-state index in [0.29, 0.717) is 33.0 Å². The molecule has 0 unspecified atom stereocenters. The minimum Gasteiger partial charge on any atom is -0.493 e. The maximum atomic E-state index is 12.1. The Hall–Kier alpha value is -2.11. The van der Waals surface area contributed by atoms with Gasteiger partial charge in [0.2, 0.25) is 5.91 Å². The lowest BCUT2D eigenvalue weighted by Crippen LogP contribution is -2.16. The van der Waals surface area contributed by atoms with E-state index in [4.69, 9.17) is 37.4 Å². The summed E-state index contributed by atoms with van der Waals surface area (Å²) in [6.45, 7) is 2.05. The first-order valence-corrected chi connectivity index (χ1v) is 8.30. The van der Waals surface area contributed by atoms with Crippen LogP contribution in [0.2, 0.25) is 10.0 Å². The van der Waals surface area contributed by atoms with E-state index >= 15 is 0 Å². The van der Waals surface area contributed by atoms with Gasteiger partial charge in [0.25, 0.3) is 0 Å². The average Bonchev–Trinajstić information content (AvgIpc) is 2.59.